The van der Waals surface area contributed by atoms with Gasteiger partial charge in [0.05, 0.1) is 22.3 Å². The van der Waals surface area contributed by atoms with E-state index in [-0.39, 0.29) is 0 Å². The Bertz CT molecular complexity index is 3200. The van der Waals surface area contributed by atoms with Gasteiger partial charge in [0.15, 0.2) is 5.58 Å². The second-order valence-corrected chi connectivity index (χ2v) is 13.1. The van der Waals surface area contributed by atoms with Crippen molar-refractivity contribution in [2.75, 3.05) is 0 Å². The molecule has 1 aliphatic carbocycles. The van der Waals surface area contributed by atoms with E-state index in [9.17, 15) is 0 Å². The number of furan rings is 1. The fourth-order valence-electron chi connectivity index (χ4n) is 8.47. The standard InChI is InChI=1S/C45H24N2O2/c1-2-11-27-25(9-1)19-21-32-33-23-34(45-46-35-16-5-6-18-39(35)49-45)38(24-40(33)48-44(27)32)47-36-17-8-15-31-29-13-4-3-12-28(29)30-14-7-10-26-20-22-37(47)43(41(26)30)42(31)36/h1-24H. The van der Waals surface area contributed by atoms with Crippen molar-refractivity contribution < 1.29 is 8.83 Å². The highest BCUT2D eigenvalue weighted by atomic mass is 16.3. The molecular formula is C45H24N2O2. The molecule has 3 heterocycles. The van der Waals surface area contributed by atoms with Crippen LogP contribution in [0.25, 0.3) is 116 Å². The first kappa shape index (κ1) is 25.4. The molecular weight excluding hydrogens is 601 g/mol. The SMILES string of the molecule is c1ccc2c(c1)-c1cccc3ccc4c(c13)c1c-2cccc1n4-c1cc2oc3c4ccccc4ccc3c2cc1-c1nc2ccccc2o1. The number of fused-ring (bicyclic) bond motifs is 9. The molecule has 0 amide bonds. The van der Waals surface area contributed by atoms with Gasteiger partial charge < -0.3 is 13.4 Å². The molecule has 0 saturated carbocycles. The maximum Gasteiger partial charge on any atom is 0.229 e. The lowest BCUT2D eigenvalue weighted by molar-refractivity contribution is 0.619. The monoisotopic (exact) mass is 624 g/mol. The van der Waals surface area contributed by atoms with E-state index in [0.29, 0.717) is 5.89 Å². The summed E-state index contributed by atoms with van der Waals surface area (Å²) in [7, 11) is 0. The smallest absolute Gasteiger partial charge is 0.229 e. The van der Waals surface area contributed by atoms with Gasteiger partial charge in [0.2, 0.25) is 5.89 Å². The van der Waals surface area contributed by atoms with Crippen LogP contribution in [0.15, 0.2) is 154 Å². The maximum absolute atomic E-state index is 6.78. The van der Waals surface area contributed by atoms with Crippen LogP contribution >= 0.6 is 0 Å². The molecule has 0 atom stereocenters. The summed E-state index contributed by atoms with van der Waals surface area (Å²) < 4.78 is 15.7. The van der Waals surface area contributed by atoms with Gasteiger partial charge >= 0.3 is 0 Å². The highest BCUT2D eigenvalue weighted by Gasteiger charge is 2.27. The van der Waals surface area contributed by atoms with Crippen molar-refractivity contribution >= 4 is 76.4 Å². The number of benzene rings is 8. The number of oxazole rings is 1. The molecule has 49 heavy (non-hydrogen) atoms. The van der Waals surface area contributed by atoms with Crippen LogP contribution in [0.5, 0.6) is 0 Å². The average Bonchev–Trinajstić information content (AvgIpc) is 3.83. The first-order valence-corrected chi connectivity index (χ1v) is 16.6. The van der Waals surface area contributed by atoms with E-state index in [1.54, 1.807) is 0 Å². The van der Waals surface area contributed by atoms with Gasteiger partial charge in [-0.15, -0.1) is 0 Å². The third-order valence-electron chi connectivity index (χ3n) is 10.6. The van der Waals surface area contributed by atoms with Crippen LogP contribution in [0.1, 0.15) is 0 Å². The third-order valence-corrected chi connectivity index (χ3v) is 10.6. The van der Waals surface area contributed by atoms with Gasteiger partial charge in [-0.2, -0.15) is 0 Å². The lowest BCUT2D eigenvalue weighted by atomic mass is 9.93. The van der Waals surface area contributed by atoms with Gasteiger partial charge in [0.1, 0.15) is 16.7 Å². The van der Waals surface area contributed by atoms with Gasteiger partial charge in [-0.1, -0.05) is 103 Å². The summed E-state index contributed by atoms with van der Waals surface area (Å²) in [5, 5.41) is 9.38. The predicted octanol–water partition coefficient (Wildman–Crippen LogP) is 12.4. The van der Waals surface area contributed by atoms with E-state index in [0.717, 1.165) is 66.1 Å². The first-order valence-electron chi connectivity index (χ1n) is 16.6. The van der Waals surface area contributed by atoms with Crippen LogP contribution in [0.4, 0.5) is 0 Å². The summed E-state index contributed by atoms with van der Waals surface area (Å²) >= 11 is 0. The molecule has 8 aromatic carbocycles. The second-order valence-electron chi connectivity index (χ2n) is 13.1. The predicted molar refractivity (Wildman–Crippen MR) is 201 cm³/mol. The highest BCUT2D eigenvalue weighted by molar-refractivity contribution is 6.30. The number of hydrogen-bond acceptors (Lipinski definition) is 3. The minimum Gasteiger partial charge on any atom is -0.455 e. The maximum atomic E-state index is 6.78. The number of rotatable bonds is 2. The van der Waals surface area contributed by atoms with Gasteiger partial charge in [0.25, 0.3) is 0 Å². The zero-order valence-electron chi connectivity index (χ0n) is 26.1. The molecule has 0 radical (unpaired) electrons. The van der Waals surface area contributed by atoms with Gasteiger partial charge in [-0.05, 0) is 74.8 Å². The average molecular weight is 625 g/mol. The molecule has 226 valence electrons. The van der Waals surface area contributed by atoms with Gasteiger partial charge in [-0.3, -0.25) is 0 Å². The topological polar surface area (TPSA) is 44.1 Å². The van der Waals surface area contributed by atoms with E-state index in [1.165, 1.54) is 43.8 Å². The Labute approximate surface area is 279 Å². The minimum atomic E-state index is 0.582. The van der Waals surface area contributed by atoms with Crippen LogP contribution in [0, 0.1) is 0 Å². The Hall–Kier alpha value is -6.65. The summed E-state index contributed by atoms with van der Waals surface area (Å²) in [6.07, 6.45) is 0. The van der Waals surface area contributed by atoms with Crippen molar-refractivity contribution in [1.29, 1.82) is 0 Å². The molecule has 0 spiro atoms. The summed E-state index contributed by atoms with van der Waals surface area (Å²) in [5.41, 5.74) is 12.4. The van der Waals surface area contributed by atoms with Crippen molar-refractivity contribution in [2.24, 2.45) is 0 Å². The zero-order valence-corrected chi connectivity index (χ0v) is 26.1. The summed E-state index contributed by atoms with van der Waals surface area (Å²) in [4.78, 5) is 5.05. The Balaban J connectivity index is 1.28. The molecule has 0 bridgehead atoms. The largest absolute Gasteiger partial charge is 0.455 e. The molecule has 0 N–H and O–H groups in total. The van der Waals surface area contributed by atoms with Gasteiger partial charge in [0, 0.05) is 33.0 Å². The Morgan fingerprint density at radius 3 is 2.04 bits per heavy atom. The van der Waals surface area contributed by atoms with E-state index in [1.807, 2.05) is 24.3 Å². The van der Waals surface area contributed by atoms with Crippen molar-refractivity contribution in [2.45, 2.75) is 0 Å². The first-order chi connectivity index (χ1) is 24.3. The fourth-order valence-corrected chi connectivity index (χ4v) is 8.47. The van der Waals surface area contributed by atoms with E-state index < -0.39 is 0 Å². The molecule has 12 rings (SSSR count). The molecule has 0 saturated heterocycles. The molecule has 0 aliphatic heterocycles. The Morgan fingerprint density at radius 2 is 1.14 bits per heavy atom. The highest BCUT2D eigenvalue weighted by Crippen LogP contribution is 2.50. The molecule has 0 unspecified atom stereocenters. The van der Waals surface area contributed by atoms with E-state index in [2.05, 4.69) is 126 Å². The van der Waals surface area contributed by atoms with E-state index in [4.69, 9.17) is 13.8 Å². The van der Waals surface area contributed by atoms with Crippen LogP contribution in [-0.4, -0.2) is 9.55 Å². The quantitative estimate of drug-likeness (QED) is 0.192. The summed E-state index contributed by atoms with van der Waals surface area (Å²) in [5.74, 6) is 0.582. The van der Waals surface area contributed by atoms with Crippen molar-refractivity contribution in [3.05, 3.63) is 146 Å². The van der Waals surface area contributed by atoms with E-state index >= 15 is 0 Å². The Morgan fingerprint density at radius 1 is 0.429 bits per heavy atom. The van der Waals surface area contributed by atoms with Crippen molar-refractivity contribution in [3.8, 4) is 39.4 Å². The van der Waals surface area contributed by atoms with Crippen LogP contribution in [0.3, 0.4) is 0 Å². The zero-order chi connectivity index (χ0) is 31.8. The summed E-state index contributed by atoms with van der Waals surface area (Å²) in [6.45, 7) is 0. The van der Waals surface area contributed by atoms with Crippen molar-refractivity contribution in [3.63, 3.8) is 0 Å². The number of nitrogens with zero attached hydrogens (tertiary/aromatic N) is 2. The van der Waals surface area contributed by atoms with Gasteiger partial charge in [-0.25, -0.2) is 4.98 Å². The summed E-state index contributed by atoms with van der Waals surface area (Å²) in [6, 6.07) is 51.8. The number of hydrogen-bond donors (Lipinski definition) is 0. The second kappa shape index (κ2) is 9.03. The normalized spacial score (nSPS) is 12.5. The molecule has 4 nitrogen and oxygen atoms in total. The van der Waals surface area contributed by atoms with Crippen LogP contribution in [0.2, 0.25) is 0 Å². The lowest BCUT2D eigenvalue weighted by Crippen LogP contribution is -1.98. The van der Waals surface area contributed by atoms with Crippen molar-refractivity contribution in [1.82, 2.24) is 9.55 Å². The van der Waals surface area contributed by atoms with Crippen LogP contribution < -0.4 is 0 Å². The third kappa shape index (κ3) is 3.25. The van der Waals surface area contributed by atoms with Crippen LogP contribution in [-0.2, 0) is 0 Å². The molecule has 4 heteroatoms. The minimum absolute atomic E-state index is 0.582. The fraction of sp³-hybridized carbons (Fsp3) is 0. The Kier molecular flexibility index (Phi) is 4.69. The lowest BCUT2D eigenvalue weighted by Gasteiger charge is -2.15. The number of aromatic nitrogens is 2. The molecule has 0 fully saturated rings. The molecule has 1 aliphatic rings. The molecule has 11 aromatic rings. The molecule has 3 aromatic heterocycles. The number of para-hydroxylation sites is 2.